The molecule has 1 atom stereocenters. The number of carbonyl (C=O) groups excluding carboxylic acids is 1. The van der Waals surface area contributed by atoms with Crippen molar-refractivity contribution in [1.29, 1.82) is 0 Å². The third kappa shape index (κ3) is 49.1. The zero-order valence-corrected chi connectivity index (χ0v) is 11.8. The Balaban J connectivity index is -0.0000000729. The average Bonchev–Trinajstić information content (AvgIpc) is 2.29. The Bertz CT molecular complexity index is 160. The molecule has 5 N–H and O–H groups in total. The van der Waals surface area contributed by atoms with Crippen LogP contribution in [0.15, 0.2) is 12.3 Å². The normalized spacial score (nSPS) is 9.53. The predicted octanol–water partition coefficient (Wildman–Crippen LogP) is 0.865. The second-order valence-corrected chi connectivity index (χ2v) is 3.37. The lowest BCUT2D eigenvalue weighted by molar-refractivity contribution is -0.114. The predicted molar refractivity (Wildman–Crippen MR) is 71.3 cm³/mol. The fraction of sp³-hybridized carbons (Fsp3) is 0.667. The standard InChI is InChI=1S/C3H7ClO2.2C3H5ClO.H2O/c4-1-3(6)2-5;2*1-3(5)2-4;/h3,5-6H,1-2H2;2H2,1H3;5H,1-2H2;1H2. The molecule has 0 radical (unpaired) electrons. The summed E-state index contributed by atoms with van der Waals surface area (Å²) in [7, 11) is 0. The van der Waals surface area contributed by atoms with E-state index in [-0.39, 0.29) is 41.3 Å². The number of carbonyl (C=O) groups is 1. The highest BCUT2D eigenvalue weighted by molar-refractivity contribution is 6.27. The van der Waals surface area contributed by atoms with Crippen LogP contribution in [0.5, 0.6) is 0 Å². The van der Waals surface area contributed by atoms with Crippen LogP contribution in [0.3, 0.4) is 0 Å². The maximum Gasteiger partial charge on any atom is 0.144 e. The van der Waals surface area contributed by atoms with Crippen molar-refractivity contribution >= 4 is 40.6 Å². The van der Waals surface area contributed by atoms with Crippen LogP contribution < -0.4 is 0 Å². The zero-order chi connectivity index (χ0) is 13.6. The molecule has 0 aliphatic rings. The van der Waals surface area contributed by atoms with Gasteiger partial charge in [-0.25, -0.2) is 0 Å². The second kappa shape index (κ2) is 21.3. The van der Waals surface area contributed by atoms with Crippen LogP contribution in [0.1, 0.15) is 6.92 Å². The fourth-order valence-corrected chi connectivity index (χ4v) is 0.146. The first-order valence-electron chi connectivity index (χ1n) is 4.18. The molecule has 0 bridgehead atoms. The Morgan fingerprint density at radius 2 is 1.59 bits per heavy atom. The Morgan fingerprint density at radius 1 is 1.29 bits per heavy atom. The number of aliphatic hydroxyl groups excluding tert-OH is 3. The maximum absolute atomic E-state index is 9.68. The minimum atomic E-state index is -0.744. The van der Waals surface area contributed by atoms with Crippen LogP contribution in [0, 0.1) is 0 Å². The van der Waals surface area contributed by atoms with Gasteiger partial charge in [0.1, 0.15) is 5.78 Å². The number of hydrogen-bond donors (Lipinski definition) is 3. The van der Waals surface area contributed by atoms with Gasteiger partial charge in [0.2, 0.25) is 0 Å². The summed E-state index contributed by atoms with van der Waals surface area (Å²) in [6.45, 7) is 4.30. The van der Waals surface area contributed by atoms with Gasteiger partial charge < -0.3 is 20.8 Å². The third-order valence-electron chi connectivity index (χ3n) is 0.731. The minimum Gasteiger partial charge on any atom is -0.512 e. The Labute approximate surface area is 116 Å². The van der Waals surface area contributed by atoms with Crippen LogP contribution >= 0.6 is 34.8 Å². The van der Waals surface area contributed by atoms with Crippen molar-refractivity contribution in [3.05, 3.63) is 12.3 Å². The first-order chi connectivity index (χ1) is 7.35. The van der Waals surface area contributed by atoms with Crippen molar-refractivity contribution in [2.24, 2.45) is 0 Å². The number of halogens is 3. The van der Waals surface area contributed by atoms with Crippen LogP contribution in [-0.4, -0.2) is 56.9 Å². The first kappa shape index (κ1) is 25.7. The highest BCUT2D eigenvalue weighted by atomic mass is 35.5. The number of rotatable bonds is 4. The van der Waals surface area contributed by atoms with E-state index in [0.29, 0.717) is 0 Å². The van der Waals surface area contributed by atoms with Gasteiger partial charge in [-0.05, 0) is 6.92 Å². The van der Waals surface area contributed by atoms with Gasteiger partial charge in [-0.2, -0.15) is 0 Å². The van der Waals surface area contributed by atoms with E-state index in [2.05, 4.69) is 6.58 Å². The fourth-order valence-electron chi connectivity index (χ4n) is 0.0488. The summed E-state index contributed by atoms with van der Waals surface area (Å²) >= 11 is 15.0. The largest absolute Gasteiger partial charge is 0.512 e. The van der Waals surface area contributed by atoms with E-state index in [1.54, 1.807) is 0 Å². The van der Waals surface area contributed by atoms with Crippen LogP contribution in [0.2, 0.25) is 0 Å². The number of aliphatic hydroxyl groups is 3. The van der Waals surface area contributed by atoms with Crippen LogP contribution in [0.25, 0.3) is 0 Å². The minimum absolute atomic E-state index is 0. The topological polar surface area (TPSA) is 109 Å². The van der Waals surface area contributed by atoms with E-state index in [4.69, 9.17) is 50.1 Å². The van der Waals surface area contributed by atoms with E-state index < -0.39 is 6.10 Å². The molecule has 0 aromatic rings. The van der Waals surface area contributed by atoms with E-state index in [1.165, 1.54) is 6.92 Å². The molecule has 17 heavy (non-hydrogen) atoms. The summed E-state index contributed by atoms with van der Waals surface area (Å²) in [6.07, 6.45) is -0.744. The third-order valence-corrected chi connectivity index (χ3v) is 1.77. The lowest BCUT2D eigenvalue weighted by Gasteiger charge is -1.95. The van der Waals surface area contributed by atoms with Crippen molar-refractivity contribution in [3.8, 4) is 0 Å². The summed E-state index contributed by atoms with van der Waals surface area (Å²) < 4.78 is 0. The zero-order valence-electron chi connectivity index (χ0n) is 9.50. The molecule has 8 heteroatoms. The van der Waals surface area contributed by atoms with E-state index in [1.807, 2.05) is 0 Å². The number of hydrogen-bond acceptors (Lipinski definition) is 4. The van der Waals surface area contributed by atoms with Crippen molar-refractivity contribution in [3.63, 3.8) is 0 Å². The quantitative estimate of drug-likeness (QED) is 0.528. The molecule has 0 fully saturated rings. The van der Waals surface area contributed by atoms with E-state index in [9.17, 15) is 4.79 Å². The van der Waals surface area contributed by atoms with Gasteiger partial charge in [-0.1, -0.05) is 6.58 Å². The second-order valence-electron chi connectivity index (χ2n) is 2.53. The molecule has 106 valence electrons. The molecule has 0 aromatic heterocycles. The SMILES string of the molecule is C=C(O)CCl.CC(=O)CCl.O.OCC(O)CCl. The highest BCUT2D eigenvalue weighted by Gasteiger charge is 1.94. The molecular formula is C9H19Cl3O5. The van der Waals surface area contributed by atoms with Crippen molar-refractivity contribution in [2.75, 3.05) is 24.2 Å². The molecular weight excluding hydrogens is 294 g/mol. The van der Waals surface area contributed by atoms with Crippen molar-refractivity contribution in [2.45, 2.75) is 13.0 Å². The molecule has 0 spiro atoms. The van der Waals surface area contributed by atoms with Crippen molar-refractivity contribution in [1.82, 2.24) is 0 Å². The van der Waals surface area contributed by atoms with Crippen LogP contribution in [-0.2, 0) is 4.79 Å². The van der Waals surface area contributed by atoms with Gasteiger partial charge in [0, 0.05) is 0 Å². The van der Waals surface area contributed by atoms with E-state index in [0.717, 1.165) is 0 Å². The Kier molecular flexibility index (Phi) is 32.2. The molecule has 0 saturated carbocycles. The molecule has 0 amide bonds. The molecule has 0 aliphatic carbocycles. The highest BCUT2D eigenvalue weighted by Crippen LogP contribution is 1.82. The summed E-state index contributed by atoms with van der Waals surface area (Å²) in [4.78, 5) is 9.68. The summed E-state index contributed by atoms with van der Waals surface area (Å²) in [5, 5.41) is 24.3. The number of Topliss-reactive ketones (excluding diaryl/α,β-unsaturated/α-hetero) is 1. The molecule has 0 heterocycles. The van der Waals surface area contributed by atoms with Crippen molar-refractivity contribution < 1.29 is 25.6 Å². The molecule has 0 aliphatic heterocycles. The summed E-state index contributed by atoms with van der Waals surface area (Å²) in [5.41, 5.74) is 0. The molecule has 1 unspecified atom stereocenters. The molecule has 0 rings (SSSR count). The van der Waals surface area contributed by atoms with Gasteiger partial charge >= 0.3 is 0 Å². The number of allylic oxidation sites excluding steroid dienone is 1. The monoisotopic (exact) mass is 312 g/mol. The van der Waals surface area contributed by atoms with Gasteiger partial charge in [0.15, 0.2) is 0 Å². The van der Waals surface area contributed by atoms with Gasteiger partial charge in [0.25, 0.3) is 0 Å². The maximum atomic E-state index is 9.68. The lowest BCUT2D eigenvalue weighted by Crippen LogP contribution is -2.12. The first-order valence-corrected chi connectivity index (χ1v) is 5.78. The van der Waals surface area contributed by atoms with Gasteiger partial charge in [-0.3, -0.25) is 4.79 Å². The summed E-state index contributed by atoms with van der Waals surface area (Å²) in [5.74, 6) is 0.426. The number of ketones is 1. The molecule has 0 saturated heterocycles. The molecule has 0 aromatic carbocycles. The van der Waals surface area contributed by atoms with Crippen LogP contribution in [0.4, 0.5) is 0 Å². The van der Waals surface area contributed by atoms with Gasteiger partial charge in [0.05, 0.1) is 36.1 Å². The Morgan fingerprint density at radius 3 is 1.59 bits per heavy atom. The molecule has 5 nitrogen and oxygen atoms in total. The summed E-state index contributed by atoms with van der Waals surface area (Å²) in [6, 6.07) is 0. The Hall–Kier alpha value is -0.0400. The van der Waals surface area contributed by atoms with E-state index >= 15 is 0 Å². The average molecular weight is 314 g/mol. The van der Waals surface area contributed by atoms with Gasteiger partial charge in [-0.15, -0.1) is 34.8 Å². The smallest absolute Gasteiger partial charge is 0.144 e. The number of alkyl halides is 3. The lowest BCUT2D eigenvalue weighted by atomic mass is 10.5.